The van der Waals surface area contributed by atoms with Crippen LogP contribution in [0.5, 0.6) is 5.75 Å². The summed E-state index contributed by atoms with van der Waals surface area (Å²) in [5.41, 5.74) is 6.65. The van der Waals surface area contributed by atoms with Crippen LogP contribution in [-0.4, -0.2) is 5.11 Å². The maximum atomic E-state index is 11.7. The monoisotopic (exact) mass is 418 g/mol. The first-order chi connectivity index (χ1) is 14.0. The quantitative estimate of drug-likeness (QED) is 0.430. The van der Waals surface area contributed by atoms with Crippen LogP contribution < -0.4 is 0 Å². The highest BCUT2D eigenvalue weighted by Gasteiger charge is 2.33. The van der Waals surface area contributed by atoms with Gasteiger partial charge in [0.2, 0.25) is 0 Å². The summed E-state index contributed by atoms with van der Waals surface area (Å²) < 4.78 is 0. The molecule has 0 heterocycles. The van der Waals surface area contributed by atoms with E-state index in [4.69, 9.17) is 0 Å². The summed E-state index contributed by atoms with van der Waals surface area (Å²) in [6, 6.07) is 21.1. The number of hydrogen-bond acceptors (Lipinski definition) is 2. The molecule has 0 atom stereocenters. The fraction of sp³-hybridized carbons (Fsp3) is 0.357. The molecule has 0 aliphatic heterocycles. The maximum absolute atomic E-state index is 11.7. The van der Waals surface area contributed by atoms with Crippen molar-refractivity contribution in [3.8, 4) is 16.9 Å². The first kappa shape index (κ1) is 22.5. The van der Waals surface area contributed by atoms with E-state index in [1.807, 2.05) is 17.8 Å². The lowest BCUT2D eigenvalue weighted by molar-refractivity contribution is 0.419. The van der Waals surface area contributed by atoms with E-state index >= 15 is 0 Å². The van der Waals surface area contributed by atoms with Crippen molar-refractivity contribution in [2.45, 2.75) is 69.9 Å². The average Bonchev–Trinajstić information content (AvgIpc) is 2.67. The first-order valence-corrected chi connectivity index (χ1v) is 11.6. The molecule has 0 aliphatic carbocycles. The Morgan fingerprint density at radius 3 is 1.73 bits per heavy atom. The Balaban J connectivity index is 2.31. The van der Waals surface area contributed by atoms with Crippen LogP contribution in [0.2, 0.25) is 0 Å². The van der Waals surface area contributed by atoms with E-state index in [9.17, 15) is 5.11 Å². The second-order valence-electron chi connectivity index (χ2n) is 10.1. The molecule has 0 bridgehead atoms. The molecular formula is C28H34OS. The maximum Gasteiger partial charge on any atom is 0.124 e. The van der Waals surface area contributed by atoms with Gasteiger partial charge < -0.3 is 5.11 Å². The van der Waals surface area contributed by atoms with Crippen molar-refractivity contribution in [3.05, 3.63) is 82.9 Å². The predicted molar refractivity (Wildman–Crippen MR) is 132 cm³/mol. The van der Waals surface area contributed by atoms with Gasteiger partial charge in [-0.3, -0.25) is 0 Å². The molecule has 0 aromatic heterocycles. The predicted octanol–water partition coefficient (Wildman–Crippen LogP) is 8.25. The third kappa shape index (κ3) is 4.59. The number of rotatable bonds is 4. The molecule has 1 nitrogen and oxygen atoms in total. The summed E-state index contributed by atoms with van der Waals surface area (Å²) in [6.45, 7) is 15.4. The Labute approximate surface area is 186 Å². The fourth-order valence-corrected chi connectivity index (χ4v) is 5.51. The van der Waals surface area contributed by atoms with Gasteiger partial charge in [-0.25, -0.2) is 0 Å². The van der Waals surface area contributed by atoms with E-state index in [0.29, 0.717) is 5.75 Å². The van der Waals surface area contributed by atoms with Gasteiger partial charge in [0.1, 0.15) is 5.75 Å². The summed E-state index contributed by atoms with van der Waals surface area (Å²) in [5.74, 6) is 1.34. The third-order valence-electron chi connectivity index (χ3n) is 5.45. The van der Waals surface area contributed by atoms with Crippen molar-refractivity contribution in [1.29, 1.82) is 0 Å². The Hall–Kier alpha value is -2.19. The van der Waals surface area contributed by atoms with Gasteiger partial charge in [0.15, 0.2) is 0 Å². The lowest BCUT2D eigenvalue weighted by atomic mass is 9.74. The molecule has 3 rings (SSSR count). The van der Waals surface area contributed by atoms with E-state index in [-0.39, 0.29) is 10.8 Å². The van der Waals surface area contributed by atoms with Gasteiger partial charge in [0, 0.05) is 21.8 Å². The number of thioether (sulfide) groups is 1. The molecule has 0 spiro atoms. The number of aromatic hydroxyl groups is 1. The molecule has 158 valence electrons. The van der Waals surface area contributed by atoms with Crippen LogP contribution in [0.3, 0.4) is 0 Å². The summed E-state index contributed by atoms with van der Waals surface area (Å²) in [5, 5.41) is 11.7. The van der Waals surface area contributed by atoms with Gasteiger partial charge in [-0.15, -0.1) is 11.8 Å². The van der Waals surface area contributed by atoms with Crippen molar-refractivity contribution < 1.29 is 5.11 Å². The molecule has 0 fully saturated rings. The van der Waals surface area contributed by atoms with Crippen molar-refractivity contribution in [1.82, 2.24) is 0 Å². The molecule has 0 amide bonds. The molecule has 0 saturated heterocycles. The van der Waals surface area contributed by atoms with Crippen LogP contribution in [0.1, 0.15) is 63.8 Å². The number of benzene rings is 3. The smallest absolute Gasteiger partial charge is 0.124 e. The summed E-state index contributed by atoms with van der Waals surface area (Å²) in [6.07, 6.45) is 0. The van der Waals surface area contributed by atoms with Crippen molar-refractivity contribution >= 4 is 11.8 Å². The standard InChI is InChI=1S/C28H34OS/c1-19-22(21-16-12-9-13-17-21)23(27(2,3)4)25(29)24(28(5,6)7)26(19)30-18-20-14-10-8-11-15-20/h8-17,29H,18H2,1-7H3. The van der Waals surface area contributed by atoms with Crippen LogP contribution in [-0.2, 0) is 16.6 Å². The van der Waals surface area contributed by atoms with Crippen LogP contribution in [0.4, 0.5) is 0 Å². The van der Waals surface area contributed by atoms with Crippen molar-refractivity contribution in [2.24, 2.45) is 0 Å². The van der Waals surface area contributed by atoms with Crippen molar-refractivity contribution in [2.75, 3.05) is 0 Å². The lowest BCUT2D eigenvalue weighted by Gasteiger charge is -2.33. The zero-order chi connectivity index (χ0) is 22.1. The zero-order valence-corrected chi connectivity index (χ0v) is 20.2. The van der Waals surface area contributed by atoms with Crippen molar-refractivity contribution in [3.63, 3.8) is 0 Å². The number of phenols is 1. The SMILES string of the molecule is Cc1c(SCc2ccccc2)c(C(C)(C)C)c(O)c(C(C)(C)C)c1-c1ccccc1. The van der Waals surface area contributed by atoms with E-state index < -0.39 is 0 Å². The van der Waals surface area contributed by atoms with Crippen LogP contribution in [0.15, 0.2) is 65.6 Å². The van der Waals surface area contributed by atoms with Crippen LogP contribution >= 0.6 is 11.8 Å². The molecule has 0 aliphatic rings. The second kappa shape index (κ2) is 8.51. The third-order valence-corrected chi connectivity index (χ3v) is 6.73. The summed E-state index contributed by atoms with van der Waals surface area (Å²) in [7, 11) is 0. The Kier molecular flexibility index (Phi) is 6.38. The van der Waals surface area contributed by atoms with Gasteiger partial charge in [-0.05, 0) is 40.0 Å². The second-order valence-corrected chi connectivity index (χ2v) is 11.1. The van der Waals surface area contributed by atoms with Crippen LogP contribution in [0.25, 0.3) is 11.1 Å². The van der Waals surface area contributed by atoms with Gasteiger partial charge in [0.05, 0.1) is 0 Å². The summed E-state index contributed by atoms with van der Waals surface area (Å²) in [4.78, 5) is 1.20. The van der Waals surface area contributed by atoms with Gasteiger partial charge in [-0.1, -0.05) is 102 Å². The first-order valence-electron chi connectivity index (χ1n) is 10.6. The molecular weight excluding hydrogens is 384 g/mol. The molecule has 0 radical (unpaired) electrons. The van der Waals surface area contributed by atoms with E-state index in [0.717, 1.165) is 22.4 Å². The molecule has 3 aromatic rings. The molecule has 1 N–H and O–H groups in total. The van der Waals surface area contributed by atoms with E-state index in [2.05, 4.69) is 103 Å². The van der Waals surface area contributed by atoms with Gasteiger partial charge in [0.25, 0.3) is 0 Å². The van der Waals surface area contributed by atoms with E-state index in [1.54, 1.807) is 0 Å². The Morgan fingerprint density at radius 1 is 0.733 bits per heavy atom. The zero-order valence-electron chi connectivity index (χ0n) is 19.3. The minimum absolute atomic E-state index is 0.164. The lowest BCUT2D eigenvalue weighted by Crippen LogP contribution is -2.20. The largest absolute Gasteiger partial charge is 0.507 e. The minimum Gasteiger partial charge on any atom is -0.507 e. The molecule has 3 aromatic carbocycles. The topological polar surface area (TPSA) is 20.2 Å². The van der Waals surface area contributed by atoms with Crippen LogP contribution in [0, 0.1) is 6.92 Å². The number of phenolic OH excluding ortho intramolecular Hbond substituents is 1. The minimum atomic E-state index is -0.178. The normalized spacial score (nSPS) is 12.2. The molecule has 0 unspecified atom stereocenters. The molecule has 2 heteroatoms. The fourth-order valence-electron chi connectivity index (χ4n) is 4.14. The van der Waals surface area contributed by atoms with E-state index in [1.165, 1.54) is 21.6 Å². The highest BCUT2D eigenvalue weighted by Crippen LogP contribution is 2.51. The summed E-state index contributed by atoms with van der Waals surface area (Å²) >= 11 is 1.84. The molecule has 0 saturated carbocycles. The highest BCUT2D eigenvalue weighted by atomic mass is 32.2. The Bertz CT molecular complexity index is 1010. The highest BCUT2D eigenvalue weighted by molar-refractivity contribution is 7.98. The Morgan fingerprint density at radius 2 is 1.23 bits per heavy atom. The number of hydrogen-bond donors (Lipinski definition) is 1. The average molecular weight is 419 g/mol. The molecule has 30 heavy (non-hydrogen) atoms. The van der Waals surface area contributed by atoms with Gasteiger partial charge in [-0.2, -0.15) is 0 Å². The van der Waals surface area contributed by atoms with Gasteiger partial charge >= 0.3 is 0 Å².